The molecule has 0 saturated heterocycles. The number of thiazole rings is 1. The normalized spacial score (nSPS) is 10.6. The van der Waals surface area contributed by atoms with E-state index in [0.717, 1.165) is 22.5 Å². The molecule has 3 rings (SSSR count). The van der Waals surface area contributed by atoms with Crippen LogP contribution in [0.3, 0.4) is 0 Å². The lowest BCUT2D eigenvalue weighted by Gasteiger charge is -2.00. The average molecular weight is 376 g/mol. The first-order chi connectivity index (χ1) is 12.0. The summed E-state index contributed by atoms with van der Waals surface area (Å²) in [4.78, 5) is 35.8. The number of aromatic nitrogens is 1. The molecule has 0 spiro atoms. The zero-order valence-corrected chi connectivity index (χ0v) is 13.9. The maximum absolute atomic E-state index is 11.2. The monoisotopic (exact) mass is 376 g/mol. The van der Waals surface area contributed by atoms with Crippen molar-refractivity contribution in [2.24, 2.45) is 0 Å². The summed E-state index contributed by atoms with van der Waals surface area (Å²) in [6, 6.07) is 8.66. The van der Waals surface area contributed by atoms with Crippen LogP contribution in [-0.2, 0) is 4.79 Å². The van der Waals surface area contributed by atoms with Gasteiger partial charge in [-0.15, -0.1) is 11.3 Å². The third-order valence-electron chi connectivity index (χ3n) is 3.14. The fourth-order valence-corrected chi connectivity index (χ4v) is 4.20. The van der Waals surface area contributed by atoms with Gasteiger partial charge in [-0.25, -0.2) is 4.98 Å². The number of amides is 1. The number of hydrogen-bond donors (Lipinski definition) is 1. The SMILES string of the molecule is O=CNc1ccc2nc(Sc3ccc([N+](=O)[O-])cc3[N+](=O)[O-])sc2c1. The smallest absolute Gasteiger partial charge is 0.290 e. The van der Waals surface area contributed by atoms with E-state index in [-0.39, 0.29) is 16.3 Å². The van der Waals surface area contributed by atoms with Crippen molar-refractivity contribution in [2.45, 2.75) is 9.24 Å². The number of nitrogens with one attached hydrogen (secondary N) is 1. The average Bonchev–Trinajstić information content (AvgIpc) is 2.96. The molecule has 0 fully saturated rings. The number of anilines is 1. The number of carbonyl (C=O) groups excluding carboxylic acids is 1. The number of nitro benzene ring substituents is 2. The number of hydrogen-bond acceptors (Lipinski definition) is 8. The quantitative estimate of drug-likeness (QED) is 0.393. The Kier molecular flexibility index (Phi) is 4.59. The van der Waals surface area contributed by atoms with Gasteiger partial charge in [0.2, 0.25) is 6.41 Å². The lowest BCUT2D eigenvalue weighted by molar-refractivity contribution is -0.396. The molecule has 0 aliphatic carbocycles. The molecule has 1 aromatic heterocycles. The van der Waals surface area contributed by atoms with Crippen molar-refractivity contribution in [3.8, 4) is 0 Å². The number of non-ortho nitro benzene ring substituents is 1. The molecule has 1 heterocycles. The molecular weight excluding hydrogens is 368 g/mol. The Balaban J connectivity index is 1.96. The van der Waals surface area contributed by atoms with Gasteiger partial charge >= 0.3 is 0 Å². The summed E-state index contributed by atoms with van der Waals surface area (Å²) < 4.78 is 1.36. The van der Waals surface area contributed by atoms with Crippen LogP contribution in [0.15, 0.2) is 45.6 Å². The van der Waals surface area contributed by atoms with E-state index in [2.05, 4.69) is 10.3 Å². The summed E-state index contributed by atoms with van der Waals surface area (Å²) in [5.41, 5.74) is 0.615. The van der Waals surface area contributed by atoms with Gasteiger partial charge in [0, 0.05) is 11.8 Å². The van der Waals surface area contributed by atoms with Gasteiger partial charge in [0.1, 0.15) is 0 Å². The van der Waals surface area contributed by atoms with E-state index in [1.807, 2.05) is 0 Å². The Bertz CT molecular complexity index is 1000. The number of fused-ring (bicyclic) bond motifs is 1. The Hall–Kier alpha value is -3.05. The number of benzene rings is 2. The highest BCUT2D eigenvalue weighted by molar-refractivity contribution is 8.01. The topological polar surface area (TPSA) is 128 Å². The molecule has 2 aromatic carbocycles. The van der Waals surface area contributed by atoms with Crippen LogP contribution in [0, 0.1) is 20.2 Å². The summed E-state index contributed by atoms with van der Waals surface area (Å²) in [5, 5.41) is 24.5. The van der Waals surface area contributed by atoms with Gasteiger partial charge in [-0.1, -0.05) is 11.8 Å². The molecule has 0 aliphatic heterocycles. The fourth-order valence-electron chi connectivity index (χ4n) is 2.05. The molecule has 1 N–H and O–H groups in total. The molecule has 0 unspecified atom stereocenters. The van der Waals surface area contributed by atoms with Crippen LogP contribution < -0.4 is 5.32 Å². The molecule has 1 amide bonds. The Morgan fingerprint density at radius 3 is 2.60 bits per heavy atom. The Morgan fingerprint density at radius 1 is 1.12 bits per heavy atom. The second-order valence-electron chi connectivity index (χ2n) is 4.69. The maximum atomic E-state index is 11.2. The van der Waals surface area contributed by atoms with Crippen LogP contribution in [0.25, 0.3) is 10.2 Å². The molecule has 25 heavy (non-hydrogen) atoms. The second-order valence-corrected chi connectivity index (χ2v) is 7.01. The summed E-state index contributed by atoms with van der Waals surface area (Å²) >= 11 is 2.36. The van der Waals surface area contributed by atoms with Crippen molar-refractivity contribution < 1.29 is 14.6 Å². The molecule has 0 saturated carbocycles. The van der Waals surface area contributed by atoms with E-state index >= 15 is 0 Å². The minimum Gasteiger partial charge on any atom is -0.329 e. The van der Waals surface area contributed by atoms with Gasteiger partial charge in [0.15, 0.2) is 4.34 Å². The van der Waals surface area contributed by atoms with Crippen LogP contribution in [0.1, 0.15) is 0 Å². The van der Waals surface area contributed by atoms with Gasteiger partial charge in [0.25, 0.3) is 11.4 Å². The molecule has 126 valence electrons. The summed E-state index contributed by atoms with van der Waals surface area (Å²) in [6.07, 6.45) is 0.568. The third kappa shape index (κ3) is 3.56. The van der Waals surface area contributed by atoms with Gasteiger partial charge in [-0.3, -0.25) is 25.0 Å². The van der Waals surface area contributed by atoms with Crippen LogP contribution in [0.5, 0.6) is 0 Å². The summed E-state index contributed by atoms with van der Waals surface area (Å²) in [7, 11) is 0. The highest BCUT2D eigenvalue weighted by Crippen LogP contribution is 2.40. The molecule has 0 atom stereocenters. The van der Waals surface area contributed by atoms with Crippen molar-refractivity contribution in [3.63, 3.8) is 0 Å². The number of rotatable bonds is 6. The summed E-state index contributed by atoms with van der Waals surface area (Å²) in [6.45, 7) is 0. The molecule has 3 aromatic rings. The molecule has 9 nitrogen and oxygen atoms in total. The summed E-state index contributed by atoms with van der Waals surface area (Å²) in [5.74, 6) is 0. The predicted octanol–water partition coefficient (Wildman–Crippen LogP) is 3.83. The highest BCUT2D eigenvalue weighted by Gasteiger charge is 2.21. The first-order valence-electron chi connectivity index (χ1n) is 6.69. The lowest BCUT2D eigenvalue weighted by atomic mass is 10.3. The minimum absolute atomic E-state index is 0.265. The van der Waals surface area contributed by atoms with E-state index in [1.54, 1.807) is 18.2 Å². The van der Waals surface area contributed by atoms with Crippen molar-refractivity contribution in [1.82, 2.24) is 4.98 Å². The molecule has 11 heteroatoms. The van der Waals surface area contributed by atoms with Crippen molar-refractivity contribution in [3.05, 3.63) is 56.6 Å². The van der Waals surface area contributed by atoms with E-state index in [9.17, 15) is 25.0 Å². The Morgan fingerprint density at radius 2 is 1.92 bits per heavy atom. The first-order valence-corrected chi connectivity index (χ1v) is 8.32. The van der Waals surface area contributed by atoms with Crippen LogP contribution in [0.2, 0.25) is 0 Å². The zero-order valence-electron chi connectivity index (χ0n) is 12.2. The van der Waals surface area contributed by atoms with Gasteiger partial charge in [0.05, 0.1) is 31.0 Å². The standard InChI is InChI=1S/C14H8N4O5S2/c19-7-15-8-1-3-10-13(5-8)25-14(16-10)24-12-4-2-9(17(20)21)6-11(12)18(22)23/h1-7H,(H,15,19). The van der Waals surface area contributed by atoms with Crippen molar-refractivity contribution in [1.29, 1.82) is 0 Å². The molecule has 0 bridgehead atoms. The van der Waals surface area contributed by atoms with Crippen LogP contribution in [-0.4, -0.2) is 21.2 Å². The number of nitrogens with zero attached hydrogens (tertiary/aromatic N) is 3. The molecule has 0 radical (unpaired) electrons. The predicted molar refractivity (Wildman–Crippen MR) is 93.2 cm³/mol. The van der Waals surface area contributed by atoms with E-state index in [0.29, 0.717) is 22.0 Å². The van der Waals surface area contributed by atoms with E-state index in [1.165, 1.54) is 23.5 Å². The van der Waals surface area contributed by atoms with Gasteiger partial charge in [-0.05, 0) is 24.3 Å². The van der Waals surface area contributed by atoms with E-state index < -0.39 is 9.85 Å². The van der Waals surface area contributed by atoms with Crippen LogP contribution in [0.4, 0.5) is 17.1 Å². The van der Waals surface area contributed by atoms with Crippen molar-refractivity contribution in [2.75, 3.05) is 5.32 Å². The lowest BCUT2D eigenvalue weighted by Crippen LogP contribution is -1.94. The number of carbonyl (C=O) groups is 1. The fraction of sp³-hybridized carbons (Fsp3) is 0. The molecule has 0 aliphatic rings. The maximum Gasteiger partial charge on any atom is 0.290 e. The van der Waals surface area contributed by atoms with Crippen LogP contribution >= 0.6 is 23.1 Å². The van der Waals surface area contributed by atoms with Gasteiger partial charge < -0.3 is 5.32 Å². The van der Waals surface area contributed by atoms with E-state index in [4.69, 9.17) is 0 Å². The highest BCUT2D eigenvalue weighted by atomic mass is 32.2. The second kappa shape index (κ2) is 6.83. The zero-order chi connectivity index (χ0) is 18.0. The first kappa shape index (κ1) is 16.8. The van der Waals surface area contributed by atoms with Crippen molar-refractivity contribution >= 4 is 56.8 Å². The Labute approximate surface area is 148 Å². The third-order valence-corrected chi connectivity index (χ3v) is 5.29. The number of nitro groups is 2. The minimum atomic E-state index is -0.680. The van der Waals surface area contributed by atoms with Gasteiger partial charge in [-0.2, -0.15) is 0 Å². The largest absolute Gasteiger partial charge is 0.329 e. The molecular formula is C14H8N4O5S2.